The molecule has 0 unspecified atom stereocenters. The Labute approximate surface area is 208 Å². The summed E-state index contributed by atoms with van der Waals surface area (Å²) in [5, 5.41) is 2.52. The Morgan fingerprint density at radius 2 is 1.44 bits per heavy atom. The van der Waals surface area contributed by atoms with Crippen LogP contribution in [0.3, 0.4) is 0 Å². The molecule has 0 aliphatic heterocycles. The fraction of sp³-hybridized carbons (Fsp3) is 0.241. The lowest BCUT2D eigenvalue weighted by Gasteiger charge is -2.34. The van der Waals surface area contributed by atoms with Crippen molar-refractivity contribution in [2.75, 3.05) is 0 Å². The topological polar surface area (TPSA) is 4.93 Å². The number of benzene rings is 3. The normalized spacial score (nSPS) is 12.8. The molecule has 0 aliphatic rings. The minimum absolute atomic E-state index is 0.0188. The van der Waals surface area contributed by atoms with Gasteiger partial charge in [0.15, 0.2) is 0 Å². The highest BCUT2D eigenvalue weighted by molar-refractivity contribution is 9.10. The predicted octanol–water partition coefficient (Wildman–Crippen LogP) is 9.74. The number of aromatic nitrogens is 1. The molecule has 0 bridgehead atoms. The van der Waals surface area contributed by atoms with Crippen LogP contribution in [0.15, 0.2) is 94.4 Å². The number of halogens is 2. The first-order chi connectivity index (χ1) is 15.1. The summed E-state index contributed by atoms with van der Waals surface area (Å²) in [5.41, 5.74) is 5.04. The standard InChI is InChI=1S/C29H29Br2N/c1-6-7-15-28(2,3)19-29(4,5)20-9-8-10-23(16-20)32-26-17-21(30)11-13-24(26)25-14-12-22(31)18-27(25)32/h6-18H,1,19H2,2-5H3/b15-7+. The number of rotatable bonds is 6. The van der Waals surface area contributed by atoms with Gasteiger partial charge in [0.1, 0.15) is 0 Å². The van der Waals surface area contributed by atoms with Gasteiger partial charge < -0.3 is 4.57 Å². The average Bonchev–Trinajstić information content (AvgIpc) is 3.04. The van der Waals surface area contributed by atoms with Crippen LogP contribution < -0.4 is 0 Å². The van der Waals surface area contributed by atoms with Crippen molar-refractivity contribution in [2.24, 2.45) is 5.41 Å². The largest absolute Gasteiger partial charge is 0.309 e. The highest BCUT2D eigenvalue weighted by atomic mass is 79.9. The molecule has 32 heavy (non-hydrogen) atoms. The Morgan fingerprint density at radius 3 is 2.00 bits per heavy atom. The van der Waals surface area contributed by atoms with E-state index in [9.17, 15) is 0 Å². The van der Waals surface area contributed by atoms with Crippen molar-refractivity contribution in [2.45, 2.75) is 39.5 Å². The molecule has 0 aliphatic carbocycles. The van der Waals surface area contributed by atoms with Crippen LogP contribution >= 0.6 is 31.9 Å². The van der Waals surface area contributed by atoms with E-state index >= 15 is 0 Å². The molecule has 3 heteroatoms. The van der Waals surface area contributed by atoms with E-state index in [-0.39, 0.29) is 10.8 Å². The Balaban J connectivity index is 1.88. The van der Waals surface area contributed by atoms with Crippen LogP contribution in [0.4, 0.5) is 0 Å². The first-order valence-corrected chi connectivity index (χ1v) is 12.5. The summed E-state index contributed by atoms with van der Waals surface area (Å²) in [7, 11) is 0. The van der Waals surface area contributed by atoms with Gasteiger partial charge in [-0.05, 0) is 59.2 Å². The number of fused-ring (bicyclic) bond motifs is 3. The van der Waals surface area contributed by atoms with E-state index in [1.807, 2.05) is 6.08 Å². The van der Waals surface area contributed by atoms with E-state index in [1.54, 1.807) is 0 Å². The predicted molar refractivity (Wildman–Crippen MR) is 147 cm³/mol. The molecule has 0 saturated heterocycles. The summed E-state index contributed by atoms with van der Waals surface area (Å²) >= 11 is 7.35. The van der Waals surface area contributed by atoms with Crippen LogP contribution in [0.25, 0.3) is 27.5 Å². The molecule has 1 aromatic heterocycles. The fourth-order valence-corrected chi connectivity index (χ4v) is 5.64. The third-order valence-corrected chi connectivity index (χ3v) is 7.14. The summed E-state index contributed by atoms with van der Waals surface area (Å²) in [6, 6.07) is 22.1. The summed E-state index contributed by atoms with van der Waals surface area (Å²) < 4.78 is 4.54. The number of hydrogen-bond acceptors (Lipinski definition) is 0. The van der Waals surface area contributed by atoms with Gasteiger partial charge in [-0.1, -0.05) is 109 Å². The number of hydrogen-bond donors (Lipinski definition) is 0. The molecule has 1 heterocycles. The first kappa shape index (κ1) is 23.1. The van der Waals surface area contributed by atoms with Gasteiger partial charge in [0.25, 0.3) is 0 Å². The van der Waals surface area contributed by atoms with Crippen LogP contribution in [0.1, 0.15) is 39.7 Å². The highest BCUT2D eigenvalue weighted by Crippen LogP contribution is 2.40. The van der Waals surface area contributed by atoms with Crippen molar-refractivity contribution in [3.63, 3.8) is 0 Å². The van der Waals surface area contributed by atoms with Gasteiger partial charge >= 0.3 is 0 Å². The third kappa shape index (κ3) is 4.51. The molecule has 3 aromatic carbocycles. The average molecular weight is 551 g/mol. The van der Waals surface area contributed by atoms with Gasteiger partial charge in [0, 0.05) is 25.4 Å². The summed E-state index contributed by atoms with van der Waals surface area (Å²) in [4.78, 5) is 0. The molecule has 0 fully saturated rings. The second kappa shape index (κ2) is 8.68. The summed E-state index contributed by atoms with van der Waals surface area (Å²) in [6.45, 7) is 13.1. The Morgan fingerprint density at radius 1 is 0.844 bits per heavy atom. The molecule has 0 spiro atoms. The zero-order valence-corrected chi connectivity index (χ0v) is 22.3. The van der Waals surface area contributed by atoms with E-state index in [4.69, 9.17) is 0 Å². The molecule has 0 atom stereocenters. The quantitative estimate of drug-likeness (QED) is 0.210. The van der Waals surface area contributed by atoms with E-state index in [0.29, 0.717) is 0 Å². The molecule has 164 valence electrons. The SMILES string of the molecule is C=C/C=C/C(C)(C)CC(C)(C)c1cccc(-n2c3cc(Br)ccc3c3ccc(Br)cc32)c1. The van der Waals surface area contributed by atoms with E-state index < -0.39 is 0 Å². The zero-order valence-electron chi connectivity index (χ0n) is 19.1. The minimum Gasteiger partial charge on any atom is -0.309 e. The van der Waals surface area contributed by atoms with Crippen LogP contribution in [-0.4, -0.2) is 4.57 Å². The maximum absolute atomic E-state index is 3.82. The van der Waals surface area contributed by atoms with E-state index in [2.05, 4.69) is 144 Å². The van der Waals surface area contributed by atoms with Crippen LogP contribution in [0.2, 0.25) is 0 Å². The van der Waals surface area contributed by atoms with Crippen LogP contribution in [-0.2, 0) is 5.41 Å². The molecular formula is C29H29Br2N. The molecule has 0 amide bonds. The minimum atomic E-state index is 0.0188. The maximum atomic E-state index is 3.82. The molecule has 4 aromatic rings. The zero-order chi connectivity index (χ0) is 23.1. The second-order valence-corrected chi connectivity index (χ2v) is 11.7. The lowest BCUT2D eigenvalue weighted by atomic mass is 9.71. The van der Waals surface area contributed by atoms with Crippen molar-refractivity contribution >= 4 is 53.7 Å². The first-order valence-electron chi connectivity index (χ1n) is 10.9. The van der Waals surface area contributed by atoms with Crippen molar-refractivity contribution in [3.8, 4) is 5.69 Å². The number of allylic oxidation sites excluding steroid dienone is 3. The van der Waals surface area contributed by atoms with Crippen molar-refractivity contribution in [1.29, 1.82) is 0 Å². The van der Waals surface area contributed by atoms with Gasteiger partial charge in [-0.3, -0.25) is 0 Å². The van der Waals surface area contributed by atoms with Gasteiger partial charge in [-0.2, -0.15) is 0 Å². The van der Waals surface area contributed by atoms with Gasteiger partial charge in [0.05, 0.1) is 11.0 Å². The van der Waals surface area contributed by atoms with Crippen molar-refractivity contribution < 1.29 is 0 Å². The lowest BCUT2D eigenvalue weighted by Crippen LogP contribution is -2.25. The van der Waals surface area contributed by atoms with Gasteiger partial charge in [-0.15, -0.1) is 0 Å². The van der Waals surface area contributed by atoms with E-state index in [1.165, 1.54) is 33.1 Å². The molecule has 0 N–H and O–H groups in total. The summed E-state index contributed by atoms with van der Waals surface area (Å²) in [5.74, 6) is 0. The highest BCUT2D eigenvalue weighted by Gasteiger charge is 2.29. The maximum Gasteiger partial charge on any atom is 0.0552 e. The monoisotopic (exact) mass is 549 g/mol. The van der Waals surface area contributed by atoms with Gasteiger partial charge in [0.2, 0.25) is 0 Å². The van der Waals surface area contributed by atoms with E-state index in [0.717, 1.165) is 15.4 Å². The van der Waals surface area contributed by atoms with Gasteiger partial charge in [-0.25, -0.2) is 0 Å². The molecule has 0 saturated carbocycles. The summed E-state index contributed by atoms with van der Waals surface area (Å²) in [6.07, 6.45) is 7.21. The third-order valence-electron chi connectivity index (χ3n) is 6.16. The fourth-order valence-electron chi connectivity index (χ4n) is 4.94. The molecular weight excluding hydrogens is 522 g/mol. The smallest absolute Gasteiger partial charge is 0.0552 e. The van der Waals surface area contributed by atoms with Crippen molar-refractivity contribution in [1.82, 2.24) is 4.57 Å². The van der Waals surface area contributed by atoms with Crippen LogP contribution in [0.5, 0.6) is 0 Å². The van der Waals surface area contributed by atoms with Crippen LogP contribution in [0, 0.1) is 5.41 Å². The number of nitrogens with zero attached hydrogens (tertiary/aromatic N) is 1. The molecule has 0 radical (unpaired) electrons. The Bertz CT molecular complexity index is 1280. The molecule has 1 nitrogen and oxygen atoms in total. The second-order valence-electron chi connectivity index (χ2n) is 9.85. The van der Waals surface area contributed by atoms with Crippen molar-refractivity contribution in [3.05, 3.63) is 100.0 Å². The Kier molecular flexibility index (Phi) is 6.26. The molecule has 4 rings (SSSR count). The lowest BCUT2D eigenvalue weighted by molar-refractivity contribution is 0.321. The Hall–Kier alpha value is -2.10.